The topological polar surface area (TPSA) is 318 Å². The van der Waals surface area contributed by atoms with Gasteiger partial charge in [-0.25, -0.2) is 39.9 Å². The summed E-state index contributed by atoms with van der Waals surface area (Å²) in [5.41, 5.74) is 14.2. The Hall–Kier alpha value is -12.0. The second kappa shape index (κ2) is 40.3. The van der Waals surface area contributed by atoms with Crippen molar-refractivity contribution in [2.24, 2.45) is 0 Å². The van der Waals surface area contributed by atoms with Crippen LogP contribution in [0.1, 0.15) is 211 Å². The Bertz CT molecular complexity index is 6360. The Balaban J connectivity index is 0.000000110. The number of carbonyl (C=O) groups is 3. The molecule has 0 unspecified atom stereocenters. The lowest BCUT2D eigenvalue weighted by molar-refractivity contribution is -0.123. The summed E-state index contributed by atoms with van der Waals surface area (Å²) >= 11 is 0. The van der Waals surface area contributed by atoms with Gasteiger partial charge < -0.3 is 74.1 Å². The SMILES string of the molecule is C.C=C1Cc2cc3cnc(Nc4ccc(N5CCN(C(C)C)CC5)cn4)nc3n2C2(CCCCC2)C1.CN1CCN(c2ccc(Nc3ncc4cc5n(c4n3)C3(CCCCC3)CC(=O)C5)nc2)CC1.O=C1Cc2cc3cnc(Nc4ccc(N5CCC(N6CCOCC6)CC5)cn4)nc3n2C2(CCCCC2)C1.O=C1Cc2cc3cnc(Nc4ccc(N5CCNCC5)cn4)nc3n2C2(CCCCC2)C1. The van der Waals surface area contributed by atoms with Crippen LogP contribution in [0.4, 0.5) is 69.8 Å². The number of fused-ring (bicyclic) bond motifs is 16. The molecule has 0 radical (unpaired) electrons. The molecule has 0 bridgehead atoms. The molecule has 0 amide bonds. The van der Waals surface area contributed by atoms with E-state index in [9.17, 15) is 14.4 Å². The molecule has 0 aromatic carbocycles. The van der Waals surface area contributed by atoms with Crippen molar-refractivity contribution >= 4 is 131 Å². The summed E-state index contributed by atoms with van der Waals surface area (Å²) in [5, 5.41) is 20.8. The zero-order valence-electron chi connectivity index (χ0n) is 80.8. The van der Waals surface area contributed by atoms with Gasteiger partial charge in [-0.2, -0.15) is 19.9 Å². The summed E-state index contributed by atoms with van der Waals surface area (Å²) in [6, 6.07) is 26.4. The van der Waals surface area contributed by atoms with Crippen LogP contribution in [0.5, 0.6) is 0 Å². The highest BCUT2D eigenvalue weighted by Crippen LogP contribution is 2.50. The highest BCUT2D eigenvalue weighted by atomic mass is 16.5. The van der Waals surface area contributed by atoms with Crippen molar-refractivity contribution < 1.29 is 19.1 Å². The van der Waals surface area contributed by atoms with Crippen LogP contribution in [0.3, 0.4) is 0 Å². The summed E-state index contributed by atoms with van der Waals surface area (Å²) in [4.78, 5) is 111. The molecule has 5 saturated heterocycles. The van der Waals surface area contributed by atoms with Gasteiger partial charge in [0, 0.05) is 236 Å². The van der Waals surface area contributed by atoms with Crippen LogP contribution in [-0.4, -0.2) is 247 Å². The second-order valence-electron chi connectivity index (χ2n) is 41.8. The third-order valence-corrected chi connectivity index (χ3v) is 32.3. The normalized spacial score (nSPS) is 21.0. The molecule has 21 heterocycles. The van der Waals surface area contributed by atoms with Crippen molar-refractivity contribution in [3.05, 3.63) is 157 Å². The molecule has 32 heteroatoms. The van der Waals surface area contributed by atoms with Crippen LogP contribution in [0.25, 0.3) is 44.1 Å². The molecule has 139 heavy (non-hydrogen) atoms. The smallest absolute Gasteiger partial charge is 0.230 e. The average molecular weight is 1880 g/mol. The van der Waals surface area contributed by atoms with E-state index in [0.29, 0.717) is 91.8 Å². The van der Waals surface area contributed by atoms with E-state index in [0.717, 1.165) is 271 Å². The number of hydrogen-bond donors (Lipinski definition) is 5. The number of ether oxygens (including phenoxy) is 1. The summed E-state index contributed by atoms with van der Waals surface area (Å²) < 4.78 is 15.2. The van der Waals surface area contributed by atoms with Crippen LogP contribution in [0, 0.1) is 0 Å². The monoisotopic (exact) mass is 1880 g/mol. The lowest BCUT2D eigenvalue weighted by Gasteiger charge is -2.44. The first-order valence-electron chi connectivity index (χ1n) is 51.6. The maximum atomic E-state index is 12.6. The van der Waals surface area contributed by atoms with E-state index < -0.39 is 0 Å². The molecule has 32 nitrogen and oxygen atoms in total. The first kappa shape index (κ1) is 93.3. The van der Waals surface area contributed by atoms with Gasteiger partial charge in [0.15, 0.2) is 0 Å². The minimum Gasteiger partial charge on any atom is -0.379 e. The lowest BCUT2D eigenvalue weighted by Crippen LogP contribution is -2.49. The number of piperidine rings is 1. The fourth-order valence-corrected chi connectivity index (χ4v) is 25.4. The van der Waals surface area contributed by atoms with Gasteiger partial charge >= 0.3 is 0 Å². The Morgan fingerprint density at radius 3 is 1.00 bits per heavy atom. The summed E-state index contributed by atoms with van der Waals surface area (Å²) in [5.74, 6) is 6.29. The molecule has 12 aromatic rings. The number of Topliss-reactive ketones (excluding diaryl/α,β-unsaturated/α-hetero) is 3. The number of nitrogens with zero attached hydrogens (tertiary/aromatic N) is 23. The summed E-state index contributed by atoms with van der Waals surface area (Å²) in [7, 11) is 2.16. The fourth-order valence-electron chi connectivity index (χ4n) is 25.4. The number of carbonyl (C=O) groups excluding carboxylic acids is 3. The number of allylic oxidation sites excluding steroid dienone is 1. The van der Waals surface area contributed by atoms with Crippen molar-refractivity contribution in [1.29, 1.82) is 0 Å². The van der Waals surface area contributed by atoms with Crippen LogP contribution >= 0.6 is 0 Å². The molecule has 9 aliphatic heterocycles. The van der Waals surface area contributed by atoms with E-state index in [2.05, 4.69) is 190 Å². The number of hydrogen-bond acceptors (Lipinski definition) is 28. The number of aromatic nitrogens is 16. The van der Waals surface area contributed by atoms with Crippen molar-refractivity contribution in [1.82, 2.24) is 98.1 Å². The number of rotatable bonds is 14. The molecule has 25 rings (SSSR count). The molecule has 9 fully saturated rings. The maximum Gasteiger partial charge on any atom is 0.230 e. The van der Waals surface area contributed by atoms with Gasteiger partial charge in [0.1, 0.15) is 63.2 Å². The standard InChI is InChI=1S/C29H37N7O2.C28H37N7.C25H31N7O.C24H29N7O.CH4/c37-25-17-24-16-21-19-31-28(33-27(21)36(24)29(18-25)8-2-1-3-9-29)32-26-5-4-23(20-30-26)34-10-6-22(7-11-34)35-12-14-38-15-13-35;1-20(2)33-11-13-34(14-12-33)23-7-8-25(29-19-23)31-27-30-18-22-16-24-15-21(3)17-28(9-5-4-6-10-28)35(24)26(22)32-27;1-30-9-11-31(12-10-30)19-5-6-22(26-17-19)28-24-27-16-18-13-20-14-21(33)15-25(7-3-2-4-8-25)32(20)23(18)29-24;32-20-13-19-12-17-15-27-23(29-22(17)31(19)24(14-20)6-2-1-3-7-24)28-21-5-4-18(16-26-21)30-10-8-25-9-11-30;/h4-5,16,19-20,22H,1-3,6-15,17-18H2,(H,30,31,32,33);7-8,16,18-20H,3-6,9-15,17H2,1-2H3,(H,29,30,31,32);5-6,13,16-17H,2-4,7-12,14-15H2,1H3,(H,26,27,28,29);4-5,12,15-16,25H,1-3,6-11,13-14H2,(H,26,27,28,29);1H4. The largest absolute Gasteiger partial charge is 0.379 e. The highest BCUT2D eigenvalue weighted by molar-refractivity contribution is 5.90. The number of pyridine rings is 4. The van der Waals surface area contributed by atoms with Gasteiger partial charge in [0.05, 0.1) is 77.4 Å². The minimum absolute atomic E-state index is 0. The van der Waals surface area contributed by atoms with Gasteiger partial charge in [-0.15, -0.1) is 0 Å². The third kappa shape index (κ3) is 19.7. The maximum absolute atomic E-state index is 12.6. The van der Waals surface area contributed by atoms with Gasteiger partial charge in [0.2, 0.25) is 23.8 Å². The van der Waals surface area contributed by atoms with E-state index in [4.69, 9.17) is 29.7 Å². The number of piperazine rings is 3. The van der Waals surface area contributed by atoms with Gasteiger partial charge in [-0.1, -0.05) is 96.6 Å². The number of ketones is 3. The molecule has 12 aromatic heterocycles. The molecule has 730 valence electrons. The predicted molar refractivity (Wildman–Crippen MR) is 550 cm³/mol. The third-order valence-electron chi connectivity index (χ3n) is 32.3. The van der Waals surface area contributed by atoms with Crippen LogP contribution in [0.2, 0.25) is 0 Å². The number of likely N-dealkylation sites (N-methyl/N-ethyl adjacent to an activating group) is 1. The van der Waals surface area contributed by atoms with Crippen molar-refractivity contribution in [3.8, 4) is 0 Å². The summed E-state index contributed by atoms with van der Waals surface area (Å²) in [6.07, 6.45) is 46.5. The number of morpholine rings is 1. The van der Waals surface area contributed by atoms with E-state index in [1.807, 2.05) is 73.8 Å². The predicted octanol–water partition coefficient (Wildman–Crippen LogP) is 16.6. The molecule has 0 atom stereocenters. The van der Waals surface area contributed by atoms with Crippen LogP contribution < -0.4 is 46.2 Å². The van der Waals surface area contributed by atoms with Crippen LogP contribution in [0.15, 0.2) is 135 Å². The van der Waals surface area contributed by atoms with Crippen molar-refractivity contribution in [2.75, 3.05) is 166 Å². The number of nitrogens with one attached hydrogen (secondary N) is 5. The Morgan fingerprint density at radius 1 is 0.367 bits per heavy atom. The van der Waals surface area contributed by atoms with E-state index in [-0.39, 0.29) is 29.6 Å². The zero-order chi connectivity index (χ0) is 93.5. The van der Waals surface area contributed by atoms with E-state index in [1.54, 1.807) is 0 Å². The minimum atomic E-state index is -0.120. The fraction of sp³-hybridized carbons (Fsp3) is 0.542. The van der Waals surface area contributed by atoms with E-state index >= 15 is 0 Å². The molecular weight excluding hydrogens is 1740 g/mol. The Morgan fingerprint density at radius 2 is 0.676 bits per heavy atom. The molecule has 4 spiro atoms. The van der Waals surface area contributed by atoms with Gasteiger partial charge in [-0.3, -0.25) is 24.2 Å². The van der Waals surface area contributed by atoms with E-state index in [1.165, 1.54) is 120 Å². The van der Waals surface area contributed by atoms with Gasteiger partial charge in [-0.05, 0) is 164 Å². The Labute approximate surface area is 815 Å². The molecule has 4 aliphatic carbocycles. The Kier molecular flexibility index (Phi) is 27.1. The first-order valence-corrected chi connectivity index (χ1v) is 51.6. The molecular formula is C107H138N28O4. The molecule has 13 aliphatic rings. The quantitative estimate of drug-likeness (QED) is 0.0632. The van der Waals surface area contributed by atoms with Crippen LogP contribution in [-0.2, 0) is 67.0 Å². The van der Waals surface area contributed by atoms with Crippen molar-refractivity contribution in [2.45, 2.75) is 248 Å². The molecule has 5 N–H and O–H groups in total. The highest BCUT2D eigenvalue weighted by Gasteiger charge is 2.47. The second-order valence-corrected chi connectivity index (χ2v) is 41.8. The van der Waals surface area contributed by atoms with Gasteiger partial charge in [0.25, 0.3) is 0 Å². The summed E-state index contributed by atoms with van der Waals surface area (Å²) in [6.45, 7) is 27.4. The lowest BCUT2D eigenvalue weighted by atomic mass is 9.74. The zero-order valence-corrected chi connectivity index (χ0v) is 80.8. The first-order chi connectivity index (χ1) is 67.5. The van der Waals surface area contributed by atoms with Crippen molar-refractivity contribution in [3.63, 3.8) is 0 Å². The molecule has 4 saturated carbocycles. The average Bonchev–Trinajstić information content (AvgIpc) is 1.61. The number of anilines is 12.